The smallest absolute Gasteiger partial charge is 0.419 e. The molecule has 0 aliphatic rings. The highest BCUT2D eigenvalue weighted by Crippen LogP contribution is 2.38. The zero-order valence-electron chi connectivity index (χ0n) is 18.7. The molecule has 2 aromatic rings. The molecule has 0 aromatic heterocycles. The minimum Gasteiger partial charge on any atom is -0.490 e. The molecule has 0 spiro atoms. The molecule has 2 aromatic carbocycles. The maximum atomic E-state index is 13.7. The lowest BCUT2D eigenvalue weighted by atomic mass is 10.1. The van der Waals surface area contributed by atoms with E-state index in [0.717, 1.165) is 0 Å². The Kier molecular flexibility index (Phi) is 10.1. The normalized spacial score (nSPS) is 13.1. The quantitative estimate of drug-likeness (QED) is 0.158. The van der Waals surface area contributed by atoms with Gasteiger partial charge >= 0.3 is 12.4 Å². The number of hydrogen-bond acceptors (Lipinski definition) is 3. The third-order valence-electron chi connectivity index (χ3n) is 4.56. The van der Waals surface area contributed by atoms with Crippen molar-refractivity contribution in [2.75, 3.05) is 13.2 Å². The molecule has 0 fully saturated rings. The average molecular weight is 590 g/mol. The fraction of sp³-hybridized carbons (Fsp3) is 0.273. The molecule has 3 nitrogen and oxygen atoms in total. The van der Waals surface area contributed by atoms with Crippen molar-refractivity contribution in [2.45, 2.75) is 25.2 Å². The van der Waals surface area contributed by atoms with Crippen LogP contribution in [0.5, 0.6) is 11.5 Å². The van der Waals surface area contributed by atoms with Crippen molar-refractivity contribution in [3.05, 3.63) is 82.3 Å². The fourth-order valence-electron chi connectivity index (χ4n) is 2.73. The predicted molar refractivity (Wildman–Crippen MR) is 102 cm³/mol. The van der Waals surface area contributed by atoms with Crippen LogP contribution in [-0.2, 0) is 17.1 Å². The van der Waals surface area contributed by atoms with Crippen molar-refractivity contribution in [3.8, 4) is 11.5 Å². The van der Waals surface area contributed by atoms with Gasteiger partial charge < -0.3 is 14.2 Å². The number of alkyl halides is 6. The Bertz CT molecular complexity index is 1150. The summed E-state index contributed by atoms with van der Waals surface area (Å²) in [5.74, 6) is -18.8. The van der Waals surface area contributed by atoms with Gasteiger partial charge in [-0.1, -0.05) is 0 Å². The second kappa shape index (κ2) is 12.5. The van der Waals surface area contributed by atoms with E-state index in [9.17, 15) is 61.5 Å². The highest BCUT2D eigenvalue weighted by molar-refractivity contribution is 5.35. The highest BCUT2D eigenvalue weighted by atomic mass is 19.4. The minimum absolute atomic E-state index is 0.195. The van der Waals surface area contributed by atoms with Crippen molar-refractivity contribution >= 4 is 0 Å². The molecule has 0 bridgehead atoms. The van der Waals surface area contributed by atoms with Crippen LogP contribution in [0.3, 0.4) is 0 Å². The standard InChI is InChI=1S/C22H12F14O3/c23-7-9(1-3-37-13-5-11(21(31,32)33)15(25)19(29)17(13)27)39-10(8-24)2-4-38-14-6-12(22(34,35)36)16(26)20(30)18(14)28/h5-8H,1-4H2. The molecule has 0 N–H and O–H groups in total. The van der Waals surface area contributed by atoms with Crippen LogP contribution in [0.4, 0.5) is 61.5 Å². The lowest BCUT2D eigenvalue weighted by Crippen LogP contribution is -2.13. The number of halogens is 14. The van der Waals surface area contributed by atoms with E-state index in [0.29, 0.717) is 0 Å². The molecule has 0 saturated carbocycles. The van der Waals surface area contributed by atoms with Gasteiger partial charge in [0.05, 0.1) is 24.3 Å². The third-order valence-corrected chi connectivity index (χ3v) is 4.56. The monoisotopic (exact) mass is 590 g/mol. The maximum Gasteiger partial charge on any atom is 0.419 e. The molecule has 39 heavy (non-hydrogen) atoms. The molecule has 0 aliphatic carbocycles. The molecule has 17 heteroatoms. The molecule has 0 unspecified atom stereocenters. The molecule has 0 radical (unpaired) electrons. The summed E-state index contributed by atoms with van der Waals surface area (Å²) in [5.41, 5.74) is -4.40. The Morgan fingerprint density at radius 2 is 0.897 bits per heavy atom. The van der Waals surface area contributed by atoms with Gasteiger partial charge in [0.1, 0.15) is 24.2 Å². The molecule has 0 atom stereocenters. The summed E-state index contributed by atoms with van der Waals surface area (Å²) in [6.07, 6.45) is -13.0. The summed E-state index contributed by atoms with van der Waals surface area (Å²) in [5, 5.41) is 0. The Labute approximate surface area is 208 Å². The van der Waals surface area contributed by atoms with Gasteiger partial charge in [0.25, 0.3) is 0 Å². The minimum atomic E-state index is -5.43. The van der Waals surface area contributed by atoms with Crippen LogP contribution in [0.1, 0.15) is 24.0 Å². The van der Waals surface area contributed by atoms with Crippen LogP contribution >= 0.6 is 0 Å². The second-order valence-electron chi connectivity index (χ2n) is 7.17. The van der Waals surface area contributed by atoms with E-state index in [1.807, 2.05) is 0 Å². The van der Waals surface area contributed by atoms with Gasteiger partial charge in [-0.3, -0.25) is 0 Å². The SMILES string of the molecule is FC=C(CCOc1cc(C(F)(F)F)c(F)c(F)c1F)OC(=CF)CCOc1cc(C(F)(F)F)c(F)c(F)c1F. The highest BCUT2D eigenvalue weighted by Gasteiger charge is 2.39. The Morgan fingerprint density at radius 1 is 0.564 bits per heavy atom. The van der Waals surface area contributed by atoms with Gasteiger partial charge in [0.2, 0.25) is 11.6 Å². The summed E-state index contributed by atoms with van der Waals surface area (Å²) >= 11 is 0. The average Bonchev–Trinajstić information content (AvgIpc) is 2.85. The molecule has 0 aliphatic heterocycles. The zero-order valence-corrected chi connectivity index (χ0v) is 18.7. The van der Waals surface area contributed by atoms with E-state index in [2.05, 4.69) is 9.47 Å². The van der Waals surface area contributed by atoms with E-state index in [4.69, 9.17) is 4.74 Å². The molecule has 0 heterocycles. The molecule has 0 amide bonds. The lowest BCUT2D eigenvalue weighted by Gasteiger charge is -2.15. The first-order valence-corrected chi connectivity index (χ1v) is 10.0. The first kappa shape index (κ1) is 31.6. The van der Waals surface area contributed by atoms with Crippen LogP contribution in [0.2, 0.25) is 0 Å². The summed E-state index contributed by atoms with van der Waals surface area (Å²) < 4.78 is 197. The van der Waals surface area contributed by atoms with Crippen molar-refractivity contribution in [1.29, 1.82) is 0 Å². The lowest BCUT2D eigenvalue weighted by molar-refractivity contribution is -0.141. The van der Waals surface area contributed by atoms with Crippen LogP contribution in [0, 0.1) is 34.9 Å². The van der Waals surface area contributed by atoms with Crippen LogP contribution < -0.4 is 9.47 Å². The topological polar surface area (TPSA) is 27.7 Å². The fourth-order valence-corrected chi connectivity index (χ4v) is 2.73. The van der Waals surface area contributed by atoms with Gasteiger partial charge in [-0.2, -0.15) is 35.1 Å². The van der Waals surface area contributed by atoms with Crippen LogP contribution in [0.15, 0.2) is 36.3 Å². The number of benzene rings is 2. The Morgan fingerprint density at radius 3 is 1.18 bits per heavy atom. The summed E-state index contributed by atoms with van der Waals surface area (Å²) in [4.78, 5) is 0. The van der Waals surface area contributed by atoms with E-state index in [-0.39, 0.29) is 24.8 Å². The molecular formula is C22H12F14O3. The van der Waals surface area contributed by atoms with Crippen molar-refractivity contribution < 1.29 is 75.7 Å². The number of ether oxygens (including phenoxy) is 3. The molecule has 216 valence electrons. The molecule has 2 rings (SSSR count). The van der Waals surface area contributed by atoms with Crippen molar-refractivity contribution in [1.82, 2.24) is 0 Å². The summed E-state index contributed by atoms with van der Waals surface area (Å²) in [6.45, 7) is -1.85. The van der Waals surface area contributed by atoms with Crippen molar-refractivity contribution in [2.24, 2.45) is 0 Å². The Balaban J connectivity index is 2.02. The number of rotatable bonds is 10. The van der Waals surface area contributed by atoms with Gasteiger partial charge in [-0.25, -0.2) is 26.3 Å². The van der Waals surface area contributed by atoms with Crippen molar-refractivity contribution in [3.63, 3.8) is 0 Å². The third kappa shape index (κ3) is 7.69. The Hall–Kier alpha value is -3.66. The first-order valence-electron chi connectivity index (χ1n) is 10.0. The van der Waals surface area contributed by atoms with E-state index < -0.39 is 107 Å². The number of hydrogen-bond donors (Lipinski definition) is 0. The van der Waals surface area contributed by atoms with Gasteiger partial charge in [-0.05, 0) is 12.1 Å². The van der Waals surface area contributed by atoms with E-state index in [1.54, 1.807) is 0 Å². The maximum absolute atomic E-state index is 13.7. The van der Waals surface area contributed by atoms with E-state index in [1.165, 1.54) is 0 Å². The van der Waals surface area contributed by atoms with E-state index >= 15 is 0 Å². The van der Waals surface area contributed by atoms with Crippen LogP contribution in [0.25, 0.3) is 0 Å². The zero-order chi connectivity index (χ0) is 29.7. The van der Waals surface area contributed by atoms with Gasteiger partial charge in [0, 0.05) is 12.8 Å². The van der Waals surface area contributed by atoms with Crippen LogP contribution in [-0.4, -0.2) is 13.2 Å². The van der Waals surface area contributed by atoms with Gasteiger partial charge in [-0.15, -0.1) is 0 Å². The predicted octanol–water partition coefficient (Wildman–Crippen LogP) is 8.44. The molecule has 0 saturated heterocycles. The largest absolute Gasteiger partial charge is 0.490 e. The van der Waals surface area contributed by atoms with Gasteiger partial charge in [0.15, 0.2) is 34.8 Å². The summed E-state index contributed by atoms with van der Waals surface area (Å²) in [6, 6.07) is -0.390. The molecular weight excluding hydrogens is 578 g/mol. The second-order valence-corrected chi connectivity index (χ2v) is 7.17. The first-order chi connectivity index (χ1) is 18.0. The summed E-state index contributed by atoms with van der Waals surface area (Å²) in [7, 11) is 0.